The van der Waals surface area contributed by atoms with E-state index in [1.54, 1.807) is 26.8 Å². The highest BCUT2D eigenvalue weighted by atomic mass is 35.5. The van der Waals surface area contributed by atoms with Crippen LogP contribution in [0.4, 0.5) is 10.5 Å². The second kappa shape index (κ2) is 7.42. The standard InChI is InChI=1S/C14H20ClN3O4/c1-14(2,3)22-13(19)17-10(8-16)6-9-4-5-11(15)12(7-9)18(20)21/h4-5,7,10H,6,8,16H2,1-3H3,(H,17,19). The van der Waals surface area contributed by atoms with Gasteiger partial charge in [0.2, 0.25) is 0 Å². The van der Waals surface area contributed by atoms with Gasteiger partial charge in [0.1, 0.15) is 10.6 Å². The number of rotatable bonds is 5. The van der Waals surface area contributed by atoms with Crippen LogP contribution in [0.25, 0.3) is 0 Å². The molecule has 0 aliphatic heterocycles. The zero-order valence-electron chi connectivity index (χ0n) is 12.8. The average molecular weight is 330 g/mol. The van der Waals surface area contributed by atoms with Gasteiger partial charge in [-0.15, -0.1) is 0 Å². The fraction of sp³-hybridized carbons (Fsp3) is 0.500. The molecule has 1 amide bonds. The second-order valence-electron chi connectivity index (χ2n) is 5.83. The minimum absolute atomic E-state index is 0.0677. The van der Waals surface area contributed by atoms with E-state index in [0.717, 1.165) is 0 Å². The molecule has 0 saturated carbocycles. The molecule has 0 aromatic heterocycles. The van der Waals surface area contributed by atoms with Crippen LogP contribution in [0.2, 0.25) is 5.02 Å². The first-order valence-electron chi connectivity index (χ1n) is 6.75. The summed E-state index contributed by atoms with van der Waals surface area (Å²) in [6, 6.07) is 4.10. The van der Waals surface area contributed by atoms with Crippen LogP contribution in [-0.4, -0.2) is 29.2 Å². The van der Waals surface area contributed by atoms with Crippen LogP contribution in [0, 0.1) is 10.1 Å². The molecule has 0 aliphatic rings. The van der Waals surface area contributed by atoms with E-state index in [4.69, 9.17) is 22.1 Å². The normalized spacial score (nSPS) is 12.6. The lowest BCUT2D eigenvalue weighted by Crippen LogP contribution is -2.44. The van der Waals surface area contributed by atoms with Crippen LogP contribution in [-0.2, 0) is 11.2 Å². The number of hydrogen-bond acceptors (Lipinski definition) is 5. The van der Waals surface area contributed by atoms with Crippen LogP contribution < -0.4 is 11.1 Å². The number of nitrogens with zero attached hydrogens (tertiary/aromatic N) is 1. The van der Waals surface area contributed by atoms with E-state index in [1.807, 2.05) is 0 Å². The summed E-state index contributed by atoms with van der Waals surface area (Å²) in [5.74, 6) is 0. The fourth-order valence-corrected chi connectivity index (χ4v) is 1.96. The summed E-state index contributed by atoms with van der Waals surface area (Å²) >= 11 is 5.76. The van der Waals surface area contributed by atoms with Gasteiger partial charge in [-0.3, -0.25) is 10.1 Å². The first-order chi connectivity index (χ1) is 10.1. The van der Waals surface area contributed by atoms with Crippen LogP contribution in [0.15, 0.2) is 18.2 Å². The van der Waals surface area contributed by atoms with E-state index in [2.05, 4.69) is 5.32 Å². The SMILES string of the molecule is CC(C)(C)OC(=O)NC(CN)Cc1ccc(Cl)c([N+](=O)[O-])c1. The molecule has 3 N–H and O–H groups in total. The Balaban J connectivity index is 2.76. The Hall–Kier alpha value is -1.86. The number of carbonyl (C=O) groups excluding carboxylic acids is 1. The van der Waals surface area contributed by atoms with Crippen molar-refractivity contribution in [2.24, 2.45) is 5.73 Å². The van der Waals surface area contributed by atoms with Gasteiger partial charge < -0.3 is 15.8 Å². The van der Waals surface area contributed by atoms with Gasteiger partial charge >= 0.3 is 6.09 Å². The maximum atomic E-state index is 11.7. The summed E-state index contributed by atoms with van der Waals surface area (Å²) in [6.45, 7) is 5.45. The molecule has 0 bridgehead atoms. The lowest BCUT2D eigenvalue weighted by Gasteiger charge is -2.23. The summed E-state index contributed by atoms with van der Waals surface area (Å²) in [5, 5.41) is 13.6. The van der Waals surface area contributed by atoms with Crippen LogP contribution in [0.5, 0.6) is 0 Å². The van der Waals surface area contributed by atoms with E-state index < -0.39 is 22.7 Å². The van der Waals surface area contributed by atoms with Gasteiger partial charge in [0.25, 0.3) is 5.69 Å². The zero-order valence-corrected chi connectivity index (χ0v) is 13.5. The Morgan fingerprint density at radius 2 is 2.14 bits per heavy atom. The molecule has 8 heteroatoms. The average Bonchev–Trinajstić information content (AvgIpc) is 2.37. The summed E-state index contributed by atoms with van der Waals surface area (Å²) in [4.78, 5) is 22.0. The molecule has 0 saturated heterocycles. The van der Waals surface area contributed by atoms with Crippen molar-refractivity contribution in [1.29, 1.82) is 0 Å². The Morgan fingerprint density at radius 1 is 1.50 bits per heavy atom. The minimum Gasteiger partial charge on any atom is -0.444 e. The number of hydrogen-bond donors (Lipinski definition) is 2. The zero-order chi connectivity index (χ0) is 16.9. The largest absolute Gasteiger partial charge is 0.444 e. The molecule has 1 rings (SSSR count). The van der Waals surface area contributed by atoms with Crippen molar-refractivity contribution in [3.63, 3.8) is 0 Å². The summed E-state index contributed by atoms with van der Waals surface area (Å²) < 4.78 is 5.15. The van der Waals surface area contributed by atoms with E-state index in [-0.39, 0.29) is 17.3 Å². The molecular weight excluding hydrogens is 310 g/mol. The first-order valence-corrected chi connectivity index (χ1v) is 7.12. The van der Waals surface area contributed by atoms with Gasteiger partial charge in [0, 0.05) is 18.7 Å². The quantitative estimate of drug-likeness (QED) is 0.637. The Morgan fingerprint density at radius 3 is 2.64 bits per heavy atom. The van der Waals surface area contributed by atoms with Crippen LogP contribution >= 0.6 is 11.6 Å². The highest BCUT2D eigenvalue weighted by Crippen LogP contribution is 2.25. The van der Waals surface area contributed by atoms with Gasteiger partial charge in [-0.2, -0.15) is 0 Å². The van der Waals surface area contributed by atoms with Crippen molar-refractivity contribution in [3.05, 3.63) is 38.9 Å². The molecule has 1 atom stereocenters. The second-order valence-corrected chi connectivity index (χ2v) is 6.23. The molecule has 0 heterocycles. The van der Waals surface area contributed by atoms with Crippen molar-refractivity contribution in [3.8, 4) is 0 Å². The molecule has 122 valence electrons. The molecule has 1 aromatic rings. The first kappa shape index (κ1) is 18.2. The molecule has 7 nitrogen and oxygen atoms in total. The van der Waals surface area contributed by atoms with Crippen molar-refractivity contribution in [1.82, 2.24) is 5.32 Å². The van der Waals surface area contributed by atoms with Crippen LogP contribution in [0.1, 0.15) is 26.3 Å². The molecule has 1 unspecified atom stereocenters. The topological polar surface area (TPSA) is 107 Å². The Kier molecular flexibility index (Phi) is 6.13. The third-order valence-electron chi connectivity index (χ3n) is 2.69. The highest BCUT2D eigenvalue weighted by molar-refractivity contribution is 6.32. The van der Waals surface area contributed by atoms with Crippen LogP contribution in [0.3, 0.4) is 0 Å². The summed E-state index contributed by atoms with van der Waals surface area (Å²) in [5.41, 5.74) is 5.50. The number of nitrogens with one attached hydrogen (secondary N) is 1. The van der Waals surface area contributed by atoms with Crippen molar-refractivity contribution >= 4 is 23.4 Å². The molecular formula is C14H20ClN3O4. The number of alkyl carbamates (subject to hydrolysis) is 1. The number of ether oxygens (including phenoxy) is 1. The van der Waals surface area contributed by atoms with Crippen molar-refractivity contribution in [2.75, 3.05) is 6.54 Å². The molecule has 22 heavy (non-hydrogen) atoms. The Bertz CT molecular complexity index is 558. The van der Waals surface area contributed by atoms with E-state index in [0.29, 0.717) is 12.0 Å². The van der Waals surface area contributed by atoms with E-state index in [1.165, 1.54) is 12.1 Å². The molecule has 1 aromatic carbocycles. The minimum atomic E-state index is -0.609. The third-order valence-corrected chi connectivity index (χ3v) is 3.01. The predicted octanol–water partition coefficient (Wildman–Crippen LogP) is 2.64. The van der Waals surface area contributed by atoms with Gasteiger partial charge in [0.15, 0.2) is 0 Å². The monoisotopic (exact) mass is 329 g/mol. The molecule has 0 aliphatic carbocycles. The van der Waals surface area contributed by atoms with Crippen molar-refractivity contribution in [2.45, 2.75) is 38.8 Å². The fourth-order valence-electron chi connectivity index (χ4n) is 1.78. The van der Waals surface area contributed by atoms with E-state index >= 15 is 0 Å². The lowest BCUT2D eigenvalue weighted by atomic mass is 10.1. The molecule has 0 spiro atoms. The summed E-state index contributed by atoms with van der Waals surface area (Å²) in [6.07, 6.45) is -0.236. The maximum absolute atomic E-state index is 11.7. The lowest BCUT2D eigenvalue weighted by molar-refractivity contribution is -0.384. The number of nitrogens with two attached hydrogens (primary N) is 1. The molecule has 0 fully saturated rings. The number of amides is 1. The molecule has 0 radical (unpaired) electrons. The van der Waals surface area contributed by atoms with Crippen molar-refractivity contribution < 1.29 is 14.5 Å². The summed E-state index contributed by atoms with van der Waals surface area (Å²) in [7, 11) is 0. The number of nitro benzene ring substituents is 1. The maximum Gasteiger partial charge on any atom is 0.407 e. The smallest absolute Gasteiger partial charge is 0.407 e. The highest BCUT2D eigenvalue weighted by Gasteiger charge is 2.20. The van der Waals surface area contributed by atoms with Gasteiger partial charge in [-0.05, 0) is 38.8 Å². The number of carbonyl (C=O) groups is 1. The van der Waals surface area contributed by atoms with Gasteiger partial charge in [0.05, 0.1) is 4.92 Å². The van der Waals surface area contributed by atoms with Gasteiger partial charge in [-0.1, -0.05) is 17.7 Å². The number of halogens is 1. The Labute approximate surface area is 133 Å². The third kappa shape index (κ3) is 5.87. The predicted molar refractivity (Wildman–Crippen MR) is 84.0 cm³/mol. The number of benzene rings is 1. The number of nitro groups is 1. The van der Waals surface area contributed by atoms with E-state index in [9.17, 15) is 14.9 Å². The van der Waals surface area contributed by atoms with Gasteiger partial charge in [-0.25, -0.2) is 4.79 Å².